The normalized spacial score (nSPS) is 12.3. The third-order valence-corrected chi connectivity index (χ3v) is 6.25. The monoisotopic (exact) mass is 460 g/mol. The van der Waals surface area contributed by atoms with Gasteiger partial charge in [-0.15, -0.1) is 0 Å². The molecule has 0 bridgehead atoms. The summed E-state index contributed by atoms with van der Waals surface area (Å²) in [6.45, 7) is 1.47. The van der Waals surface area contributed by atoms with Crippen LogP contribution >= 0.6 is 11.6 Å². The molecule has 0 aromatic heterocycles. The molecule has 5 nitrogen and oxygen atoms in total. The molecule has 3 aromatic rings. The van der Waals surface area contributed by atoms with Gasteiger partial charge in [0.15, 0.2) is 0 Å². The average Bonchev–Trinajstić information content (AvgIpc) is 2.73. The van der Waals surface area contributed by atoms with Crippen molar-refractivity contribution in [1.29, 1.82) is 0 Å². The number of benzene rings is 3. The number of sulfonamides is 1. The summed E-state index contributed by atoms with van der Waals surface area (Å²) in [5.41, 5.74) is 2.86. The maximum Gasteiger partial charge on any atom is 0.241 e. The van der Waals surface area contributed by atoms with E-state index in [-0.39, 0.29) is 10.7 Å². The second kappa shape index (κ2) is 9.49. The first-order chi connectivity index (χ1) is 14.7. The topological polar surface area (TPSA) is 66.5 Å². The van der Waals surface area contributed by atoms with Gasteiger partial charge in [0.2, 0.25) is 15.9 Å². The van der Waals surface area contributed by atoms with Gasteiger partial charge < -0.3 is 5.32 Å². The summed E-state index contributed by atoms with van der Waals surface area (Å²) in [4.78, 5) is 13.0. The molecule has 8 heteroatoms. The fraction of sp³-hybridized carbons (Fsp3) is 0.174. The molecule has 0 radical (unpaired) electrons. The number of hydrogen-bond acceptors (Lipinski definition) is 3. The number of rotatable bonds is 7. The predicted octanol–water partition coefficient (Wildman–Crippen LogP) is 4.46. The summed E-state index contributed by atoms with van der Waals surface area (Å²) < 4.78 is 39.1. The van der Waals surface area contributed by atoms with E-state index in [1.54, 1.807) is 0 Å². The molecule has 0 saturated heterocycles. The molecule has 0 aliphatic carbocycles. The summed E-state index contributed by atoms with van der Waals surface area (Å²) in [7, 11) is -3.82. The molecule has 162 valence electrons. The van der Waals surface area contributed by atoms with Crippen molar-refractivity contribution in [3.05, 3.63) is 100 Å². The van der Waals surface area contributed by atoms with Crippen LogP contribution in [0.3, 0.4) is 0 Å². The Balaban J connectivity index is 1.92. The van der Waals surface area contributed by atoms with E-state index in [1.807, 2.05) is 61.5 Å². The van der Waals surface area contributed by atoms with Crippen LogP contribution in [0.5, 0.6) is 0 Å². The molecular weight excluding hydrogens is 439 g/mol. The molecule has 1 atom stereocenters. The molecular formula is C23H22ClFN2O3S. The third kappa shape index (κ3) is 5.62. The van der Waals surface area contributed by atoms with Crippen LogP contribution < -0.4 is 9.62 Å². The minimum absolute atomic E-state index is 0.108. The van der Waals surface area contributed by atoms with Crippen LogP contribution in [0.1, 0.15) is 22.7 Å². The number of nitrogens with zero attached hydrogens (tertiary/aromatic N) is 1. The molecule has 31 heavy (non-hydrogen) atoms. The second-order valence-electron chi connectivity index (χ2n) is 7.14. The molecule has 1 N–H and O–H groups in total. The zero-order chi connectivity index (χ0) is 22.6. The number of aryl methyl sites for hydroxylation is 1. The maximum absolute atomic E-state index is 13.5. The van der Waals surface area contributed by atoms with Crippen molar-refractivity contribution < 1.29 is 17.6 Å². The molecule has 0 aliphatic rings. The van der Waals surface area contributed by atoms with Gasteiger partial charge in [-0.25, -0.2) is 12.8 Å². The summed E-state index contributed by atoms with van der Waals surface area (Å²) >= 11 is 5.81. The molecule has 3 rings (SSSR count). The Labute approximate surface area is 186 Å². The van der Waals surface area contributed by atoms with E-state index in [1.165, 1.54) is 12.1 Å². The Bertz CT molecular complexity index is 1190. The molecule has 1 amide bonds. The van der Waals surface area contributed by atoms with E-state index in [0.717, 1.165) is 33.3 Å². The van der Waals surface area contributed by atoms with Crippen molar-refractivity contribution in [2.24, 2.45) is 0 Å². The van der Waals surface area contributed by atoms with E-state index < -0.39 is 34.3 Å². The number of nitrogens with one attached hydrogen (secondary N) is 1. The average molecular weight is 461 g/mol. The van der Waals surface area contributed by atoms with E-state index in [2.05, 4.69) is 5.32 Å². The van der Waals surface area contributed by atoms with E-state index >= 15 is 0 Å². The van der Waals surface area contributed by atoms with Crippen molar-refractivity contribution in [1.82, 2.24) is 5.32 Å². The lowest BCUT2D eigenvalue weighted by Gasteiger charge is -2.25. The van der Waals surface area contributed by atoms with Crippen molar-refractivity contribution in [2.45, 2.75) is 13.0 Å². The number of anilines is 1. The number of carbonyl (C=O) groups excluding carboxylic acids is 1. The highest BCUT2D eigenvalue weighted by molar-refractivity contribution is 7.92. The standard InChI is InChI=1S/C23H22ClFN2O3S/c1-16-8-6-7-11-19(16)23(17-9-4-3-5-10-17)26-22(28)15-27(31(2,29)30)18-12-13-21(25)20(24)14-18/h3-14,23H,15H2,1-2H3,(H,26,28). The van der Waals surface area contributed by atoms with E-state index in [0.29, 0.717) is 0 Å². The largest absolute Gasteiger partial charge is 0.344 e. The zero-order valence-electron chi connectivity index (χ0n) is 17.0. The van der Waals surface area contributed by atoms with Gasteiger partial charge in [-0.1, -0.05) is 66.2 Å². The van der Waals surface area contributed by atoms with Crippen LogP contribution in [0.25, 0.3) is 0 Å². The first-order valence-corrected chi connectivity index (χ1v) is 11.7. The second-order valence-corrected chi connectivity index (χ2v) is 9.45. The van der Waals surface area contributed by atoms with Crippen LogP contribution in [0.15, 0.2) is 72.8 Å². The van der Waals surface area contributed by atoms with E-state index in [4.69, 9.17) is 11.6 Å². The first-order valence-electron chi connectivity index (χ1n) is 9.49. The molecule has 0 fully saturated rings. The zero-order valence-corrected chi connectivity index (χ0v) is 18.6. The maximum atomic E-state index is 13.5. The van der Waals surface area contributed by atoms with Crippen LogP contribution in [0, 0.1) is 12.7 Å². The molecule has 0 heterocycles. The third-order valence-electron chi connectivity index (χ3n) is 4.82. The SMILES string of the molecule is Cc1ccccc1C(NC(=O)CN(c1ccc(F)c(Cl)c1)S(C)(=O)=O)c1ccccc1. The Morgan fingerprint density at radius 3 is 2.32 bits per heavy atom. The lowest BCUT2D eigenvalue weighted by Crippen LogP contribution is -2.42. The number of hydrogen-bond donors (Lipinski definition) is 1. The molecule has 0 spiro atoms. The highest BCUT2D eigenvalue weighted by Gasteiger charge is 2.24. The van der Waals surface area contributed by atoms with Gasteiger partial charge in [0, 0.05) is 0 Å². The Hall–Kier alpha value is -2.90. The molecule has 0 aliphatic heterocycles. The van der Waals surface area contributed by atoms with Crippen LogP contribution in [0.2, 0.25) is 5.02 Å². The van der Waals surface area contributed by atoms with E-state index in [9.17, 15) is 17.6 Å². The number of carbonyl (C=O) groups is 1. The minimum atomic E-state index is -3.82. The van der Waals surface area contributed by atoms with Gasteiger partial charge in [-0.2, -0.15) is 0 Å². The smallest absolute Gasteiger partial charge is 0.241 e. The van der Waals surface area contributed by atoms with Gasteiger partial charge >= 0.3 is 0 Å². The fourth-order valence-electron chi connectivity index (χ4n) is 3.27. The summed E-state index contributed by atoms with van der Waals surface area (Å²) in [5, 5.41) is 2.71. The van der Waals surface area contributed by atoms with Gasteiger partial charge in [0.05, 0.1) is 23.0 Å². The Morgan fingerprint density at radius 2 is 1.71 bits per heavy atom. The van der Waals surface area contributed by atoms with Crippen LogP contribution in [0.4, 0.5) is 10.1 Å². The van der Waals surface area contributed by atoms with Gasteiger partial charge in [0.25, 0.3) is 0 Å². The summed E-state index contributed by atoms with van der Waals surface area (Å²) in [6, 6.07) is 20.1. The minimum Gasteiger partial charge on any atom is -0.344 e. The Morgan fingerprint density at radius 1 is 1.06 bits per heavy atom. The molecule has 1 unspecified atom stereocenters. The lowest BCUT2D eigenvalue weighted by molar-refractivity contribution is -0.120. The Kier molecular flexibility index (Phi) is 6.97. The molecule has 0 saturated carbocycles. The quantitative estimate of drug-likeness (QED) is 0.566. The van der Waals surface area contributed by atoms with Crippen molar-refractivity contribution in [3.8, 4) is 0 Å². The number of halogens is 2. The highest BCUT2D eigenvalue weighted by atomic mass is 35.5. The molecule has 3 aromatic carbocycles. The lowest BCUT2D eigenvalue weighted by atomic mass is 9.95. The highest BCUT2D eigenvalue weighted by Crippen LogP contribution is 2.26. The van der Waals surface area contributed by atoms with Crippen LogP contribution in [-0.4, -0.2) is 27.1 Å². The van der Waals surface area contributed by atoms with Crippen molar-refractivity contribution >= 4 is 33.2 Å². The summed E-state index contributed by atoms with van der Waals surface area (Å²) in [5.74, 6) is -1.19. The summed E-state index contributed by atoms with van der Waals surface area (Å²) in [6.07, 6.45) is 0.980. The van der Waals surface area contributed by atoms with Gasteiger partial charge in [0.1, 0.15) is 12.4 Å². The van der Waals surface area contributed by atoms with Gasteiger partial charge in [-0.3, -0.25) is 9.10 Å². The number of amides is 1. The first kappa shape index (κ1) is 22.8. The van der Waals surface area contributed by atoms with Gasteiger partial charge in [-0.05, 0) is 41.8 Å². The van der Waals surface area contributed by atoms with Crippen molar-refractivity contribution in [3.63, 3.8) is 0 Å². The van der Waals surface area contributed by atoms with Crippen LogP contribution in [-0.2, 0) is 14.8 Å². The fourth-order valence-corrected chi connectivity index (χ4v) is 4.30. The van der Waals surface area contributed by atoms with Crippen molar-refractivity contribution in [2.75, 3.05) is 17.1 Å². The predicted molar refractivity (Wildman–Crippen MR) is 121 cm³/mol.